The lowest BCUT2D eigenvalue weighted by atomic mass is 9.92. The molecule has 2 fully saturated rings. The summed E-state index contributed by atoms with van der Waals surface area (Å²) in [6, 6.07) is 0. The number of hydrogen-bond acceptors (Lipinski definition) is 2. The van der Waals surface area contributed by atoms with Crippen molar-refractivity contribution in [1.29, 1.82) is 0 Å². The largest absolute Gasteiger partial charge is 0.478 e. The minimum absolute atomic E-state index is 0.307. The van der Waals surface area contributed by atoms with Gasteiger partial charge in [0.15, 0.2) is 0 Å². The zero-order chi connectivity index (χ0) is 14.4. The Labute approximate surface area is 123 Å². The molecule has 1 aliphatic carbocycles. The molecule has 0 aromatic rings. The van der Waals surface area contributed by atoms with Crippen LogP contribution in [-0.4, -0.2) is 29.1 Å². The summed E-state index contributed by atoms with van der Waals surface area (Å²) in [4.78, 5) is 14.2. The fraction of sp³-hybridized carbons (Fsp3) is 0.824. The maximum atomic E-state index is 11.8. The van der Waals surface area contributed by atoms with E-state index < -0.39 is 5.97 Å². The van der Waals surface area contributed by atoms with Crippen LogP contribution in [0, 0.1) is 5.92 Å². The van der Waals surface area contributed by atoms with Gasteiger partial charge in [-0.2, -0.15) is 0 Å². The Morgan fingerprint density at radius 1 is 1.10 bits per heavy atom. The summed E-state index contributed by atoms with van der Waals surface area (Å²) < 4.78 is 0. The summed E-state index contributed by atoms with van der Waals surface area (Å²) in [5.74, 6) is -0.352. The molecule has 0 radical (unpaired) electrons. The van der Waals surface area contributed by atoms with Gasteiger partial charge in [-0.15, -0.1) is 0 Å². The highest BCUT2D eigenvalue weighted by Crippen LogP contribution is 2.35. The van der Waals surface area contributed by atoms with Gasteiger partial charge in [-0.3, -0.25) is 0 Å². The predicted octanol–water partition coefficient (Wildman–Crippen LogP) is 4.19. The summed E-state index contributed by atoms with van der Waals surface area (Å²) in [5, 5.41) is 9.75. The number of carboxylic acid groups (broad SMARTS) is 1. The van der Waals surface area contributed by atoms with Crippen molar-refractivity contribution in [3.63, 3.8) is 0 Å². The van der Waals surface area contributed by atoms with Crippen LogP contribution in [0.4, 0.5) is 0 Å². The molecular formula is C17H29NO2. The molecule has 0 aromatic heterocycles. The van der Waals surface area contributed by atoms with E-state index in [0.29, 0.717) is 5.92 Å². The lowest BCUT2D eigenvalue weighted by Gasteiger charge is -2.33. The number of unbranched alkanes of at least 4 members (excludes halogenated alkanes) is 1. The summed E-state index contributed by atoms with van der Waals surface area (Å²) in [5.41, 5.74) is 1.93. The van der Waals surface area contributed by atoms with Gasteiger partial charge in [-0.25, -0.2) is 4.79 Å². The highest BCUT2D eigenvalue weighted by molar-refractivity contribution is 5.88. The van der Waals surface area contributed by atoms with Crippen LogP contribution >= 0.6 is 0 Å². The van der Waals surface area contributed by atoms with E-state index in [1.54, 1.807) is 0 Å². The van der Waals surface area contributed by atoms with Crippen LogP contribution in [0.5, 0.6) is 0 Å². The smallest absolute Gasteiger partial charge is 0.333 e. The fourth-order valence-corrected chi connectivity index (χ4v) is 3.72. The first-order chi connectivity index (χ1) is 9.74. The molecule has 0 amide bonds. The topological polar surface area (TPSA) is 40.5 Å². The highest BCUT2D eigenvalue weighted by atomic mass is 16.4. The molecule has 1 saturated heterocycles. The van der Waals surface area contributed by atoms with Crippen molar-refractivity contribution in [2.45, 2.75) is 71.1 Å². The Balaban J connectivity index is 2.26. The van der Waals surface area contributed by atoms with Crippen molar-refractivity contribution in [3.05, 3.63) is 11.3 Å². The Morgan fingerprint density at radius 3 is 2.30 bits per heavy atom. The van der Waals surface area contributed by atoms with Gasteiger partial charge in [0.05, 0.1) is 5.57 Å². The van der Waals surface area contributed by atoms with Crippen molar-refractivity contribution in [2.24, 2.45) is 5.92 Å². The molecule has 20 heavy (non-hydrogen) atoms. The van der Waals surface area contributed by atoms with E-state index in [1.807, 2.05) is 0 Å². The van der Waals surface area contributed by atoms with Crippen molar-refractivity contribution in [1.82, 2.24) is 4.90 Å². The van der Waals surface area contributed by atoms with E-state index in [1.165, 1.54) is 37.8 Å². The number of carboxylic acids is 1. The SMILES string of the molecule is CCCCC(=C(C(=O)O)C1CCCC1)N1CCCCC1. The first kappa shape index (κ1) is 15.4. The molecule has 1 saturated carbocycles. The minimum atomic E-state index is -0.659. The van der Waals surface area contributed by atoms with Crippen LogP contribution in [0.3, 0.4) is 0 Å². The van der Waals surface area contributed by atoms with E-state index in [2.05, 4.69) is 11.8 Å². The average Bonchev–Trinajstić information content (AvgIpc) is 2.97. The summed E-state index contributed by atoms with van der Waals surface area (Å²) in [6.07, 6.45) is 11.5. The molecule has 1 aliphatic heterocycles. The maximum absolute atomic E-state index is 11.8. The van der Waals surface area contributed by atoms with E-state index >= 15 is 0 Å². The number of carbonyl (C=O) groups is 1. The zero-order valence-electron chi connectivity index (χ0n) is 12.9. The molecule has 0 aromatic carbocycles. The summed E-state index contributed by atoms with van der Waals surface area (Å²) in [7, 11) is 0. The lowest BCUT2D eigenvalue weighted by Crippen LogP contribution is -2.32. The van der Waals surface area contributed by atoms with Crippen LogP contribution in [0.25, 0.3) is 0 Å². The van der Waals surface area contributed by atoms with Gasteiger partial charge in [0.1, 0.15) is 0 Å². The molecule has 3 nitrogen and oxygen atoms in total. The Morgan fingerprint density at radius 2 is 1.75 bits per heavy atom. The second-order valence-corrected chi connectivity index (χ2v) is 6.30. The van der Waals surface area contributed by atoms with Crippen LogP contribution in [0.15, 0.2) is 11.3 Å². The molecule has 1 heterocycles. The van der Waals surface area contributed by atoms with Crippen LogP contribution in [0.2, 0.25) is 0 Å². The Bertz CT molecular complexity index is 350. The monoisotopic (exact) mass is 279 g/mol. The third-order valence-electron chi connectivity index (χ3n) is 4.81. The van der Waals surface area contributed by atoms with Gasteiger partial charge in [0, 0.05) is 18.8 Å². The van der Waals surface area contributed by atoms with Gasteiger partial charge >= 0.3 is 5.97 Å². The molecule has 2 aliphatic rings. The van der Waals surface area contributed by atoms with Gasteiger partial charge < -0.3 is 10.0 Å². The second kappa shape index (κ2) is 7.70. The Kier molecular flexibility index (Phi) is 5.93. The van der Waals surface area contributed by atoms with Gasteiger partial charge in [0.2, 0.25) is 0 Å². The van der Waals surface area contributed by atoms with Crippen molar-refractivity contribution < 1.29 is 9.90 Å². The number of hydrogen-bond donors (Lipinski definition) is 1. The van der Waals surface area contributed by atoms with Crippen LogP contribution in [-0.2, 0) is 4.79 Å². The number of likely N-dealkylation sites (tertiary alicyclic amines) is 1. The minimum Gasteiger partial charge on any atom is -0.478 e. The molecule has 3 heteroatoms. The molecule has 1 N–H and O–H groups in total. The van der Waals surface area contributed by atoms with E-state index in [-0.39, 0.29) is 0 Å². The first-order valence-corrected chi connectivity index (χ1v) is 8.45. The van der Waals surface area contributed by atoms with Crippen molar-refractivity contribution in [2.75, 3.05) is 13.1 Å². The lowest BCUT2D eigenvalue weighted by molar-refractivity contribution is -0.133. The quantitative estimate of drug-likeness (QED) is 0.741. The normalized spacial score (nSPS) is 21.9. The van der Waals surface area contributed by atoms with E-state index in [9.17, 15) is 9.90 Å². The number of allylic oxidation sites excluding steroid dienone is 1. The standard InChI is InChI=1S/C17H29NO2/c1-2-3-11-15(18-12-7-4-8-13-18)16(17(19)20)14-9-5-6-10-14/h14H,2-13H2,1H3,(H,19,20). The fourth-order valence-electron chi connectivity index (χ4n) is 3.72. The third-order valence-corrected chi connectivity index (χ3v) is 4.81. The third kappa shape index (κ3) is 3.77. The molecule has 0 bridgehead atoms. The van der Waals surface area contributed by atoms with Gasteiger partial charge in [-0.05, 0) is 50.9 Å². The summed E-state index contributed by atoms with van der Waals surface area (Å²) in [6.45, 7) is 4.30. The van der Waals surface area contributed by atoms with Gasteiger partial charge in [0.25, 0.3) is 0 Å². The maximum Gasteiger partial charge on any atom is 0.333 e. The van der Waals surface area contributed by atoms with Crippen molar-refractivity contribution in [3.8, 4) is 0 Å². The van der Waals surface area contributed by atoms with E-state index in [0.717, 1.165) is 50.8 Å². The number of rotatable bonds is 6. The molecule has 0 spiro atoms. The Hall–Kier alpha value is -0.990. The molecule has 114 valence electrons. The zero-order valence-corrected chi connectivity index (χ0v) is 12.9. The van der Waals surface area contributed by atoms with Crippen LogP contribution < -0.4 is 0 Å². The highest BCUT2D eigenvalue weighted by Gasteiger charge is 2.29. The number of piperidine rings is 1. The molecule has 0 unspecified atom stereocenters. The molecule has 2 rings (SSSR count). The first-order valence-electron chi connectivity index (χ1n) is 8.45. The number of aliphatic carboxylic acids is 1. The van der Waals surface area contributed by atoms with Gasteiger partial charge in [-0.1, -0.05) is 26.2 Å². The van der Waals surface area contributed by atoms with E-state index in [4.69, 9.17) is 0 Å². The average molecular weight is 279 g/mol. The second-order valence-electron chi connectivity index (χ2n) is 6.30. The summed E-state index contributed by atoms with van der Waals surface area (Å²) >= 11 is 0. The molecular weight excluding hydrogens is 250 g/mol. The van der Waals surface area contributed by atoms with Crippen LogP contribution in [0.1, 0.15) is 71.1 Å². The molecule has 0 atom stereocenters. The number of nitrogens with zero attached hydrogens (tertiary/aromatic N) is 1. The predicted molar refractivity (Wildman–Crippen MR) is 81.6 cm³/mol. The van der Waals surface area contributed by atoms with Crippen molar-refractivity contribution >= 4 is 5.97 Å².